The van der Waals surface area contributed by atoms with E-state index in [-0.39, 0.29) is 30.7 Å². The van der Waals surface area contributed by atoms with Crippen LogP contribution in [-0.2, 0) is 18.9 Å². The van der Waals surface area contributed by atoms with Crippen LogP contribution < -0.4 is 0 Å². The van der Waals surface area contributed by atoms with Crippen LogP contribution in [0.3, 0.4) is 0 Å². The first-order valence-corrected chi connectivity index (χ1v) is 13.9. The summed E-state index contributed by atoms with van der Waals surface area (Å²) in [5.41, 5.74) is 2.27. The van der Waals surface area contributed by atoms with Crippen LogP contribution in [0.2, 0.25) is 0 Å². The molecule has 4 fully saturated rings. The predicted molar refractivity (Wildman–Crippen MR) is 137 cm³/mol. The van der Waals surface area contributed by atoms with Crippen molar-refractivity contribution in [2.24, 2.45) is 17.3 Å². The van der Waals surface area contributed by atoms with Gasteiger partial charge in [0.25, 0.3) is 0 Å². The van der Waals surface area contributed by atoms with Gasteiger partial charge in [-0.3, -0.25) is 0 Å². The maximum Gasteiger partial charge on any atom is 0.184 e. The number of hydrogen-bond acceptors (Lipinski definition) is 7. The standard InChI is InChI=1S/C30H42O7/c1-27-16-22(19-4-6-20(7-5-19)26-36-14-15-37-26)25-21(23(27)9-12-29(27,33)18-31)8-11-28(32)17-30(34-2,35-3)13-10-24(25)28/h4-7,21-23,26,31-33H,8-18H2,1-3H3/t21?,22-,23?,27+,28-,29-/m1/s1. The van der Waals surface area contributed by atoms with Crippen molar-refractivity contribution in [3.05, 3.63) is 46.5 Å². The number of hydrogen-bond donors (Lipinski definition) is 3. The van der Waals surface area contributed by atoms with Crippen LogP contribution in [0, 0.1) is 17.3 Å². The van der Waals surface area contributed by atoms with Crippen molar-refractivity contribution in [2.75, 3.05) is 34.0 Å². The number of fused-ring (bicyclic) bond motifs is 4. The number of methoxy groups -OCH3 is 2. The minimum atomic E-state index is -1.08. The average molecular weight is 515 g/mol. The summed E-state index contributed by atoms with van der Waals surface area (Å²) in [6.07, 6.45) is 5.34. The van der Waals surface area contributed by atoms with E-state index < -0.39 is 22.4 Å². The van der Waals surface area contributed by atoms with E-state index in [2.05, 4.69) is 31.2 Å². The van der Waals surface area contributed by atoms with Gasteiger partial charge in [0.15, 0.2) is 12.1 Å². The Balaban J connectivity index is 1.45. The molecular weight excluding hydrogens is 472 g/mol. The highest BCUT2D eigenvalue weighted by atomic mass is 16.7. The van der Waals surface area contributed by atoms with Crippen LogP contribution in [0.1, 0.15) is 81.6 Å². The van der Waals surface area contributed by atoms with Crippen molar-refractivity contribution < 1.29 is 34.3 Å². The fourth-order valence-electron chi connectivity index (χ4n) is 8.79. The fraction of sp³-hybridized carbons (Fsp3) is 0.733. The largest absolute Gasteiger partial charge is 0.393 e. The Morgan fingerprint density at radius 2 is 1.62 bits per heavy atom. The summed E-state index contributed by atoms with van der Waals surface area (Å²) < 4.78 is 23.0. The van der Waals surface area contributed by atoms with E-state index >= 15 is 0 Å². The second-order valence-electron chi connectivity index (χ2n) is 12.4. The summed E-state index contributed by atoms with van der Waals surface area (Å²) in [5.74, 6) is -0.152. The Bertz CT molecular complexity index is 1040. The SMILES string of the molecule is COC1(OC)CCC2=C3C(CC[C@@]2(O)C1)C1CC[C@@](O)(CO)[C@@]1(C)C[C@@H]3c1ccc(C2OCCO2)cc1. The molecule has 1 aromatic carbocycles. The van der Waals surface area contributed by atoms with E-state index in [1.807, 2.05) is 0 Å². The average Bonchev–Trinajstić information content (AvgIpc) is 3.54. The Morgan fingerprint density at radius 3 is 2.27 bits per heavy atom. The lowest BCUT2D eigenvalue weighted by molar-refractivity contribution is -0.246. The number of aliphatic hydroxyl groups excluding tert-OH is 1. The molecule has 204 valence electrons. The second kappa shape index (κ2) is 9.12. The van der Waals surface area contributed by atoms with Crippen LogP contribution >= 0.6 is 0 Å². The summed E-state index contributed by atoms with van der Waals surface area (Å²) in [4.78, 5) is 0. The van der Waals surface area contributed by atoms with Crippen molar-refractivity contribution in [1.82, 2.24) is 0 Å². The van der Waals surface area contributed by atoms with Crippen molar-refractivity contribution in [1.29, 1.82) is 0 Å². The molecule has 1 saturated heterocycles. The van der Waals surface area contributed by atoms with E-state index in [1.165, 1.54) is 11.1 Å². The normalized spacial score (nSPS) is 41.4. The van der Waals surface area contributed by atoms with Gasteiger partial charge in [-0.05, 0) is 61.5 Å². The molecule has 6 rings (SSSR count). The minimum Gasteiger partial charge on any atom is -0.393 e. The Kier molecular flexibility index (Phi) is 6.39. The molecule has 2 unspecified atom stereocenters. The smallest absolute Gasteiger partial charge is 0.184 e. The Labute approximate surface area is 219 Å². The molecule has 0 spiro atoms. The third-order valence-electron chi connectivity index (χ3n) is 11.0. The molecule has 4 aliphatic carbocycles. The molecule has 1 heterocycles. The third kappa shape index (κ3) is 3.80. The van der Waals surface area contributed by atoms with Gasteiger partial charge in [0.05, 0.1) is 31.0 Å². The topological polar surface area (TPSA) is 97.6 Å². The van der Waals surface area contributed by atoms with Crippen molar-refractivity contribution in [3.8, 4) is 0 Å². The molecule has 5 aliphatic rings. The van der Waals surface area contributed by atoms with Gasteiger partial charge in [-0.15, -0.1) is 0 Å². The minimum absolute atomic E-state index is 0.0568. The number of rotatable bonds is 5. The Morgan fingerprint density at radius 1 is 0.946 bits per heavy atom. The number of allylic oxidation sites excluding steroid dienone is 1. The van der Waals surface area contributed by atoms with Gasteiger partial charge >= 0.3 is 0 Å². The van der Waals surface area contributed by atoms with Crippen LogP contribution in [0.4, 0.5) is 0 Å². The van der Waals surface area contributed by atoms with E-state index in [9.17, 15) is 15.3 Å². The quantitative estimate of drug-likeness (QED) is 0.404. The number of ether oxygens (including phenoxy) is 4. The molecule has 3 N–H and O–H groups in total. The van der Waals surface area contributed by atoms with Crippen molar-refractivity contribution in [2.45, 2.75) is 87.5 Å². The second-order valence-corrected chi connectivity index (χ2v) is 12.4. The van der Waals surface area contributed by atoms with Gasteiger partial charge in [-0.2, -0.15) is 0 Å². The predicted octanol–water partition coefficient (Wildman–Crippen LogP) is 3.97. The van der Waals surface area contributed by atoms with Gasteiger partial charge in [0.1, 0.15) is 0 Å². The van der Waals surface area contributed by atoms with Crippen LogP contribution in [0.25, 0.3) is 0 Å². The monoisotopic (exact) mass is 514 g/mol. The molecule has 0 radical (unpaired) electrons. The zero-order chi connectivity index (χ0) is 26.1. The molecule has 1 aromatic rings. The lowest BCUT2D eigenvalue weighted by atomic mass is 9.49. The fourth-order valence-corrected chi connectivity index (χ4v) is 8.79. The van der Waals surface area contributed by atoms with Crippen LogP contribution in [-0.4, -0.2) is 66.3 Å². The summed E-state index contributed by atoms with van der Waals surface area (Å²) in [7, 11) is 3.33. The molecule has 37 heavy (non-hydrogen) atoms. The van der Waals surface area contributed by atoms with Gasteiger partial charge in [-0.25, -0.2) is 0 Å². The summed E-state index contributed by atoms with van der Waals surface area (Å²) in [6, 6.07) is 8.50. The van der Waals surface area contributed by atoms with E-state index in [0.717, 1.165) is 36.8 Å². The van der Waals surface area contributed by atoms with Gasteiger partial charge in [-0.1, -0.05) is 36.8 Å². The lowest BCUT2D eigenvalue weighted by Crippen LogP contribution is -2.56. The lowest BCUT2D eigenvalue weighted by Gasteiger charge is -2.57. The van der Waals surface area contributed by atoms with Crippen LogP contribution in [0.5, 0.6) is 0 Å². The van der Waals surface area contributed by atoms with Gasteiger partial charge < -0.3 is 34.3 Å². The molecule has 3 saturated carbocycles. The number of aliphatic hydroxyl groups is 3. The Hall–Kier alpha value is -1.32. The maximum absolute atomic E-state index is 12.1. The highest BCUT2D eigenvalue weighted by molar-refractivity contribution is 5.44. The number of benzene rings is 1. The van der Waals surface area contributed by atoms with Gasteiger partial charge in [0.2, 0.25) is 0 Å². The molecule has 0 aromatic heterocycles. The van der Waals surface area contributed by atoms with Crippen LogP contribution in [0.15, 0.2) is 35.4 Å². The van der Waals surface area contributed by atoms with E-state index in [1.54, 1.807) is 14.2 Å². The molecule has 6 atom stereocenters. The van der Waals surface area contributed by atoms with Crippen molar-refractivity contribution in [3.63, 3.8) is 0 Å². The van der Waals surface area contributed by atoms with Crippen molar-refractivity contribution >= 4 is 0 Å². The van der Waals surface area contributed by atoms with E-state index in [0.29, 0.717) is 38.9 Å². The highest BCUT2D eigenvalue weighted by Gasteiger charge is 2.64. The molecule has 0 bridgehead atoms. The first kappa shape index (κ1) is 25.9. The maximum atomic E-state index is 12.1. The molecule has 0 amide bonds. The zero-order valence-corrected chi connectivity index (χ0v) is 22.4. The summed E-state index contributed by atoms with van der Waals surface area (Å²) in [5, 5.41) is 34.0. The third-order valence-corrected chi connectivity index (χ3v) is 11.0. The molecule has 1 aliphatic heterocycles. The molecular formula is C30H42O7. The molecule has 7 heteroatoms. The zero-order valence-electron chi connectivity index (χ0n) is 22.4. The highest BCUT2D eigenvalue weighted by Crippen LogP contribution is 2.67. The first-order valence-electron chi connectivity index (χ1n) is 13.9. The first-order chi connectivity index (χ1) is 17.7. The van der Waals surface area contributed by atoms with Gasteiger partial charge in [0, 0.05) is 44.0 Å². The van der Waals surface area contributed by atoms with E-state index in [4.69, 9.17) is 18.9 Å². The summed E-state index contributed by atoms with van der Waals surface area (Å²) >= 11 is 0. The summed E-state index contributed by atoms with van der Waals surface area (Å²) in [6.45, 7) is 3.19. The molecule has 7 nitrogen and oxygen atoms in total.